The number of hydrogen-bond acceptors (Lipinski definition) is 2. The van der Waals surface area contributed by atoms with Gasteiger partial charge in [-0.15, -0.1) is 0 Å². The topological polar surface area (TPSA) is 31.2 Å². The van der Waals surface area contributed by atoms with Crippen LogP contribution in [0.5, 0.6) is 0 Å². The van der Waals surface area contributed by atoms with Gasteiger partial charge in [-0.05, 0) is 50.5 Å². The number of rotatable bonds is 4. The summed E-state index contributed by atoms with van der Waals surface area (Å²) in [6.07, 6.45) is 9.03. The zero-order chi connectivity index (χ0) is 18.3. The number of ether oxygens (including phenoxy) is 1. The van der Waals surface area contributed by atoms with Crippen LogP contribution in [0.4, 0.5) is 0 Å². The number of aryl methyl sites for hydroxylation is 2. The van der Waals surface area contributed by atoms with Crippen molar-refractivity contribution in [3.63, 3.8) is 0 Å². The van der Waals surface area contributed by atoms with Gasteiger partial charge in [0.15, 0.2) is 0 Å². The first-order valence-electron chi connectivity index (χ1n) is 8.18. The third-order valence-electron chi connectivity index (χ3n) is 3.64. The first-order valence-corrected chi connectivity index (χ1v) is 8.56. The minimum absolute atomic E-state index is 0.142. The second kappa shape index (κ2) is 9.33. The van der Waals surface area contributed by atoms with E-state index in [2.05, 4.69) is 6.58 Å². The molecule has 0 amide bonds. The van der Waals surface area contributed by atoms with E-state index in [0.29, 0.717) is 10.6 Å². The lowest BCUT2D eigenvalue weighted by Gasteiger charge is -2.20. The van der Waals surface area contributed by atoms with Gasteiger partial charge in [0.25, 0.3) is 5.56 Å². The molecule has 1 aliphatic rings. The fourth-order valence-corrected chi connectivity index (χ4v) is 3.02. The van der Waals surface area contributed by atoms with Crippen molar-refractivity contribution in [2.45, 2.75) is 40.5 Å². The summed E-state index contributed by atoms with van der Waals surface area (Å²) >= 11 is 6.26. The van der Waals surface area contributed by atoms with E-state index in [1.807, 2.05) is 45.9 Å². The second-order valence-corrected chi connectivity index (χ2v) is 5.58. The fourth-order valence-electron chi connectivity index (χ4n) is 2.70. The predicted octanol–water partition coefficient (Wildman–Crippen LogP) is 5.42. The lowest BCUT2D eigenvalue weighted by Crippen LogP contribution is -2.27. The summed E-state index contributed by atoms with van der Waals surface area (Å²) in [5, 5.41) is 0.394. The number of hydrogen-bond donors (Lipinski definition) is 0. The molecule has 1 aromatic rings. The predicted molar refractivity (Wildman–Crippen MR) is 104 cm³/mol. The van der Waals surface area contributed by atoms with Crippen LogP contribution in [0.15, 0.2) is 47.5 Å². The largest absolute Gasteiger partial charge is 0.495 e. The van der Waals surface area contributed by atoms with Gasteiger partial charge in [0, 0.05) is 5.69 Å². The Bertz CT molecular complexity index is 752. The average Bonchev–Trinajstić information content (AvgIpc) is 2.57. The summed E-state index contributed by atoms with van der Waals surface area (Å²) in [6.45, 7) is 11.4. The Morgan fingerprint density at radius 3 is 2.50 bits per heavy atom. The maximum absolute atomic E-state index is 13.0. The zero-order valence-electron chi connectivity index (χ0n) is 15.1. The molecule has 0 saturated carbocycles. The van der Waals surface area contributed by atoms with Crippen molar-refractivity contribution in [1.82, 2.24) is 4.57 Å². The minimum atomic E-state index is -0.142. The molecular formula is C20H26ClNO2. The lowest BCUT2D eigenvalue weighted by molar-refractivity contribution is 0.304. The van der Waals surface area contributed by atoms with E-state index in [-0.39, 0.29) is 5.56 Å². The summed E-state index contributed by atoms with van der Waals surface area (Å²) in [4.78, 5) is 13.0. The molecule has 4 heteroatoms. The maximum atomic E-state index is 13.0. The third-order valence-corrected chi connectivity index (χ3v) is 3.95. The van der Waals surface area contributed by atoms with Crippen LogP contribution in [0.1, 0.15) is 43.5 Å². The molecule has 0 radical (unpaired) electrons. The molecule has 1 heterocycles. The van der Waals surface area contributed by atoms with Crippen molar-refractivity contribution < 1.29 is 4.74 Å². The van der Waals surface area contributed by atoms with Crippen LogP contribution in [0, 0.1) is 13.8 Å². The Hall–Kier alpha value is -2.00. The van der Waals surface area contributed by atoms with Gasteiger partial charge in [-0.1, -0.05) is 44.2 Å². The van der Waals surface area contributed by atoms with Gasteiger partial charge in [-0.2, -0.15) is 0 Å². The summed E-state index contributed by atoms with van der Waals surface area (Å²) in [5.74, 6) is 0.718. The number of aromatic nitrogens is 1. The highest BCUT2D eigenvalue weighted by Gasteiger charge is 2.19. The third kappa shape index (κ3) is 4.09. The van der Waals surface area contributed by atoms with Gasteiger partial charge in [0.05, 0.1) is 23.4 Å². The molecule has 24 heavy (non-hydrogen) atoms. The molecule has 0 saturated heterocycles. The van der Waals surface area contributed by atoms with Crippen molar-refractivity contribution in [2.24, 2.45) is 0 Å². The standard InChI is InChI=1S/C18H20ClNO2.C2H6/c1-5-8-14(19)17-12(2)11-13(3)20(18(17)21)15-9-6-7-10-16(15)22-4;1-2/h5,8-11H,1,6-7H2,2-4H3;1-2H3/b14-8+;. The lowest BCUT2D eigenvalue weighted by atomic mass is 10.1. The number of methoxy groups -OCH3 is 1. The van der Waals surface area contributed by atoms with E-state index in [9.17, 15) is 4.79 Å². The molecule has 0 spiro atoms. The van der Waals surface area contributed by atoms with Crippen molar-refractivity contribution in [2.75, 3.05) is 7.11 Å². The van der Waals surface area contributed by atoms with Crippen LogP contribution in [0.25, 0.3) is 10.7 Å². The molecule has 0 aliphatic heterocycles. The Morgan fingerprint density at radius 1 is 1.29 bits per heavy atom. The molecule has 0 N–H and O–H groups in total. The highest BCUT2D eigenvalue weighted by Crippen LogP contribution is 2.26. The molecular weight excluding hydrogens is 322 g/mol. The molecule has 1 aromatic heterocycles. The summed E-state index contributed by atoms with van der Waals surface area (Å²) < 4.78 is 7.08. The second-order valence-electron chi connectivity index (χ2n) is 5.17. The Balaban J connectivity index is 0.00000139. The van der Waals surface area contributed by atoms with Gasteiger partial charge < -0.3 is 4.74 Å². The van der Waals surface area contributed by atoms with E-state index in [0.717, 1.165) is 35.6 Å². The van der Waals surface area contributed by atoms with E-state index < -0.39 is 0 Å². The van der Waals surface area contributed by atoms with Crippen LogP contribution in [-0.2, 0) is 4.74 Å². The van der Waals surface area contributed by atoms with Crippen LogP contribution in [-0.4, -0.2) is 11.7 Å². The first kappa shape index (κ1) is 20.0. The van der Waals surface area contributed by atoms with E-state index in [4.69, 9.17) is 16.3 Å². The van der Waals surface area contributed by atoms with Crippen LogP contribution in [0.2, 0.25) is 0 Å². The van der Waals surface area contributed by atoms with Gasteiger partial charge in [0.1, 0.15) is 5.76 Å². The number of nitrogens with zero attached hydrogens (tertiary/aromatic N) is 1. The Morgan fingerprint density at radius 2 is 1.92 bits per heavy atom. The van der Waals surface area contributed by atoms with Crippen LogP contribution < -0.4 is 5.56 Å². The highest BCUT2D eigenvalue weighted by atomic mass is 35.5. The van der Waals surface area contributed by atoms with Crippen LogP contribution >= 0.6 is 11.6 Å². The molecule has 0 atom stereocenters. The highest BCUT2D eigenvalue weighted by molar-refractivity contribution is 6.49. The van der Waals surface area contributed by atoms with Crippen molar-refractivity contribution in [1.29, 1.82) is 0 Å². The van der Waals surface area contributed by atoms with Gasteiger partial charge in [0.2, 0.25) is 0 Å². The monoisotopic (exact) mass is 347 g/mol. The van der Waals surface area contributed by atoms with Crippen molar-refractivity contribution in [3.05, 3.63) is 69.9 Å². The molecule has 1 aliphatic carbocycles. The van der Waals surface area contributed by atoms with Crippen molar-refractivity contribution in [3.8, 4) is 0 Å². The van der Waals surface area contributed by atoms with Gasteiger partial charge in [-0.25, -0.2) is 0 Å². The maximum Gasteiger partial charge on any atom is 0.264 e. The zero-order valence-corrected chi connectivity index (χ0v) is 15.9. The van der Waals surface area contributed by atoms with Crippen LogP contribution in [0.3, 0.4) is 0 Å². The molecule has 0 aromatic carbocycles. The SMILES string of the molecule is C=C/C=C(/Cl)c1c(C)cc(C)n(C2=CCCC=C2OC)c1=O.CC. The summed E-state index contributed by atoms with van der Waals surface area (Å²) in [6, 6.07) is 1.96. The fraction of sp³-hybridized carbons (Fsp3) is 0.350. The van der Waals surface area contributed by atoms with Crippen molar-refractivity contribution >= 4 is 22.3 Å². The smallest absolute Gasteiger partial charge is 0.264 e. The minimum Gasteiger partial charge on any atom is -0.495 e. The van der Waals surface area contributed by atoms with E-state index in [1.165, 1.54) is 0 Å². The quantitative estimate of drug-likeness (QED) is 0.681. The number of halogens is 1. The molecule has 130 valence electrons. The molecule has 0 fully saturated rings. The molecule has 2 rings (SSSR count). The first-order chi connectivity index (χ1) is 11.5. The number of pyridine rings is 1. The van der Waals surface area contributed by atoms with E-state index in [1.54, 1.807) is 23.8 Å². The molecule has 0 unspecified atom stereocenters. The summed E-state index contributed by atoms with van der Waals surface area (Å²) in [5.41, 5.74) is 2.83. The van der Waals surface area contributed by atoms with Gasteiger partial charge in [-0.3, -0.25) is 9.36 Å². The normalized spacial score (nSPS) is 14.2. The number of allylic oxidation sites excluding steroid dienone is 5. The molecule has 0 bridgehead atoms. The summed E-state index contributed by atoms with van der Waals surface area (Å²) in [7, 11) is 1.62. The Kier molecular flexibility index (Phi) is 7.80. The van der Waals surface area contributed by atoms with E-state index >= 15 is 0 Å². The Labute approximate surface area is 149 Å². The molecule has 3 nitrogen and oxygen atoms in total. The van der Waals surface area contributed by atoms with Gasteiger partial charge >= 0.3 is 0 Å². The average molecular weight is 348 g/mol.